The van der Waals surface area contributed by atoms with Gasteiger partial charge in [0.05, 0.1) is 0 Å². The molecule has 2 aliphatic rings. The lowest BCUT2D eigenvalue weighted by Crippen LogP contribution is -2.45. The van der Waals surface area contributed by atoms with Gasteiger partial charge < -0.3 is 5.32 Å². The second-order valence-corrected chi connectivity index (χ2v) is 4.90. The summed E-state index contributed by atoms with van der Waals surface area (Å²) >= 11 is 0. The van der Waals surface area contributed by atoms with Crippen molar-refractivity contribution in [1.82, 2.24) is 10.2 Å². The van der Waals surface area contributed by atoms with Crippen molar-refractivity contribution in [3.8, 4) is 0 Å². The van der Waals surface area contributed by atoms with Gasteiger partial charge in [0.2, 0.25) is 0 Å². The molecule has 0 aromatic carbocycles. The summed E-state index contributed by atoms with van der Waals surface area (Å²) in [5.74, 6) is 0.925. The topological polar surface area (TPSA) is 15.3 Å². The van der Waals surface area contributed by atoms with Gasteiger partial charge in [0.25, 0.3) is 0 Å². The minimum Gasteiger partial charge on any atom is -0.315 e. The molecule has 2 atom stereocenters. The zero-order valence-electron chi connectivity index (χ0n) is 9.42. The van der Waals surface area contributed by atoms with Gasteiger partial charge >= 0.3 is 0 Å². The predicted molar refractivity (Wildman–Crippen MR) is 60.4 cm³/mol. The largest absolute Gasteiger partial charge is 0.315 e. The van der Waals surface area contributed by atoms with E-state index in [9.17, 15) is 0 Å². The highest BCUT2D eigenvalue weighted by Crippen LogP contribution is 2.26. The Labute approximate surface area is 87.4 Å². The van der Waals surface area contributed by atoms with E-state index in [-0.39, 0.29) is 0 Å². The van der Waals surface area contributed by atoms with Crippen molar-refractivity contribution in [3.05, 3.63) is 11.6 Å². The van der Waals surface area contributed by atoms with Crippen LogP contribution in [-0.4, -0.2) is 37.1 Å². The lowest BCUT2D eigenvalue weighted by molar-refractivity contribution is 0.140. The standard InChI is InChI=1S/C12H22N2/c1-10(2)5-7-14-6-3-4-11-8-13-9-12(11)14/h5,11-13H,3-4,6-9H2,1-2H3. The summed E-state index contributed by atoms with van der Waals surface area (Å²) in [7, 11) is 0. The first-order valence-corrected chi connectivity index (χ1v) is 5.85. The fourth-order valence-electron chi connectivity index (χ4n) is 2.69. The summed E-state index contributed by atoms with van der Waals surface area (Å²) in [6, 6.07) is 0.819. The molecule has 2 fully saturated rings. The normalized spacial score (nSPS) is 32.7. The maximum atomic E-state index is 3.52. The molecule has 2 unspecified atom stereocenters. The average molecular weight is 194 g/mol. The highest BCUT2D eigenvalue weighted by molar-refractivity contribution is 4.99. The first kappa shape index (κ1) is 10.2. The van der Waals surface area contributed by atoms with Crippen LogP contribution in [0.5, 0.6) is 0 Å². The predicted octanol–water partition coefficient (Wildman–Crippen LogP) is 1.64. The molecule has 0 amide bonds. The van der Waals surface area contributed by atoms with E-state index in [1.807, 2.05) is 0 Å². The monoisotopic (exact) mass is 194 g/mol. The van der Waals surface area contributed by atoms with Gasteiger partial charge in [0, 0.05) is 19.1 Å². The molecule has 0 aromatic rings. The van der Waals surface area contributed by atoms with Crippen molar-refractivity contribution < 1.29 is 0 Å². The van der Waals surface area contributed by atoms with Crippen molar-refractivity contribution >= 4 is 0 Å². The van der Waals surface area contributed by atoms with Crippen LogP contribution in [0.4, 0.5) is 0 Å². The van der Waals surface area contributed by atoms with E-state index in [1.54, 1.807) is 0 Å². The third-order valence-electron chi connectivity index (χ3n) is 3.53. The van der Waals surface area contributed by atoms with Crippen LogP contribution in [0.3, 0.4) is 0 Å². The Hall–Kier alpha value is -0.340. The van der Waals surface area contributed by atoms with E-state index >= 15 is 0 Å². The lowest BCUT2D eigenvalue weighted by atomic mass is 9.92. The first-order chi connectivity index (χ1) is 6.77. The summed E-state index contributed by atoms with van der Waals surface area (Å²) in [5.41, 5.74) is 1.44. The average Bonchev–Trinajstić information content (AvgIpc) is 2.62. The Balaban J connectivity index is 1.93. The molecule has 0 bridgehead atoms. The Morgan fingerprint density at radius 3 is 3.07 bits per heavy atom. The number of nitrogens with zero attached hydrogens (tertiary/aromatic N) is 1. The molecule has 0 radical (unpaired) electrons. The van der Waals surface area contributed by atoms with Crippen molar-refractivity contribution in [1.29, 1.82) is 0 Å². The molecule has 0 aromatic heterocycles. The highest BCUT2D eigenvalue weighted by atomic mass is 15.2. The van der Waals surface area contributed by atoms with Gasteiger partial charge in [-0.2, -0.15) is 0 Å². The van der Waals surface area contributed by atoms with Crippen LogP contribution in [-0.2, 0) is 0 Å². The molecule has 2 saturated heterocycles. The van der Waals surface area contributed by atoms with Crippen LogP contribution in [0.25, 0.3) is 0 Å². The van der Waals surface area contributed by atoms with E-state index in [0.717, 1.165) is 18.5 Å². The third-order valence-corrected chi connectivity index (χ3v) is 3.53. The second-order valence-electron chi connectivity index (χ2n) is 4.90. The molecular weight excluding hydrogens is 172 g/mol. The van der Waals surface area contributed by atoms with Gasteiger partial charge in [0.1, 0.15) is 0 Å². The summed E-state index contributed by atoms with van der Waals surface area (Å²) in [6.07, 6.45) is 5.18. The number of allylic oxidation sites excluding steroid dienone is 1. The molecule has 2 heteroatoms. The highest BCUT2D eigenvalue weighted by Gasteiger charge is 2.33. The quantitative estimate of drug-likeness (QED) is 0.672. The zero-order valence-corrected chi connectivity index (χ0v) is 9.42. The van der Waals surface area contributed by atoms with Crippen molar-refractivity contribution in [3.63, 3.8) is 0 Å². The fourth-order valence-corrected chi connectivity index (χ4v) is 2.69. The minimum absolute atomic E-state index is 0.819. The van der Waals surface area contributed by atoms with E-state index in [4.69, 9.17) is 0 Å². The summed E-state index contributed by atoms with van der Waals surface area (Å²) in [6.45, 7) is 9.29. The van der Waals surface area contributed by atoms with Crippen LogP contribution in [0, 0.1) is 5.92 Å². The molecule has 2 aliphatic heterocycles. The van der Waals surface area contributed by atoms with Crippen LogP contribution < -0.4 is 5.32 Å². The summed E-state index contributed by atoms with van der Waals surface area (Å²) in [4.78, 5) is 2.65. The zero-order chi connectivity index (χ0) is 9.97. The molecule has 0 saturated carbocycles. The number of piperidine rings is 1. The molecule has 0 aliphatic carbocycles. The molecular formula is C12H22N2. The number of hydrogen-bond donors (Lipinski definition) is 1. The maximum absolute atomic E-state index is 3.52. The molecule has 2 heterocycles. The van der Waals surface area contributed by atoms with Crippen molar-refractivity contribution in [2.24, 2.45) is 5.92 Å². The van der Waals surface area contributed by atoms with Crippen LogP contribution in [0.1, 0.15) is 26.7 Å². The molecule has 1 N–H and O–H groups in total. The molecule has 14 heavy (non-hydrogen) atoms. The van der Waals surface area contributed by atoms with Crippen molar-refractivity contribution in [2.45, 2.75) is 32.7 Å². The van der Waals surface area contributed by atoms with Crippen LogP contribution in [0.15, 0.2) is 11.6 Å². The van der Waals surface area contributed by atoms with Crippen LogP contribution in [0.2, 0.25) is 0 Å². The number of fused-ring (bicyclic) bond motifs is 1. The molecule has 2 nitrogen and oxygen atoms in total. The van der Waals surface area contributed by atoms with Gasteiger partial charge in [0.15, 0.2) is 0 Å². The first-order valence-electron chi connectivity index (χ1n) is 5.85. The Morgan fingerprint density at radius 2 is 2.29 bits per heavy atom. The Kier molecular flexibility index (Phi) is 3.24. The van der Waals surface area contributed by atoms with Crippen molar-refractivity contribution in [2.75, 3.05) is 26.2 Å². The van der Waals surface area contributed by atoms with E-state index in [2.05, 4.69) is 30.1 Å². The van der Waals surface area contributed by atoms with Crippen LogP contribution >= 0.6 is 0 Å². The minimum atomic E-state index is 0.819. The smallest absolute Gasteiger partial charge is 0.0264 e. The number of rotatable bonds is 2. The lowest BCUT2D eigenvalue weighted by Gasteiger charge is -2.36. The van der Waals surface area contributed by atoms with Gasteiger partial charge in [-0.1, -0.05) is 11.6 Å². The number of likely N-dealkylation sites (tertiary alicyclic amines) is 1. The van der Waals surface area contributed by atoms with E-state index < -0.39 is 0 Å². The van der Waals surface area contributed by atoms with Gasteiger partial charge in [-0.15, -0.1) is 0 Å². The second kappa shape index (κ2) is 4.45. The molecule has 80 valence electrons. The summed E-state index contributed by atoms with van der Waals surface area (Å²) in [5, 5.41) is 3.52. The van der Waals surface area contributed by atoms with E-state index in [1.165, 1.54) is 38.0 Å². The SMILES string of the molecule is CC(C)=CCN1CCCC2CNCC21. The van der Waals surface area contributed by atoms with Gasteiger partial charge in [-0.3, -0.25) is 4.90 Å². The number of nitrogens with one attached hydrogen (secondary N) is 1. The maximum Gasteiger partial charge on any atom is 0.0264 e. The van der Waals surface area contributed by atoms with Gasteiger partial charge in [-0.25, -0.2) is 0 Å². The Morgan fingerprint density at radius 1 is 1.43 bits per heavy atom. The number of hydrogen-bond acceptors (Lipinski definition) is 2. The molecule has 0 spiro atoms. The third kappa shape index (κ3) is 2.18. The van der Waals surface area contributed by atoms with Gasteiger partial charge in [-0.05, 0) is 45.7 Å². The summed E-state index contributed by atoms with van der Waals surface area (Å²) < 4.78 is 0. The fraction of sp³-hybridized carbons (Fsp3) is 0.833. The van der Waals surface area contributed by atoms with E-state index in [0.29, 0.717) is 0 Å². The molecule has 2 rings (SSSR count). The Bertz CT molecular complexity index is 218.